The average molecular weight is 206 g/mol. The molecule has 0 aliphatic carbocycles. The van der Waals surface area contributed by atoms with Gasteiger partial charge in [-0.05, 0) is 0 Å². The van der Waals surface area contributed by atoms with Crippen LogP contribution < -0.4 is 0 Å². The molecule has 0 amide bonds. The largest absolute Gasteiger partial charge is 0.391 e. The van der Waals surface area contributed by atoms with Crippen molar-refractivity contribution in [2.75, 3.05) is 52.6 Å². The minimum atomic E-state index is -0.490. The third-order valence-corrected chi connectivity index (χ3v) is 2.77. The van der Waals surface area contributed by atoms with E-state index >= 15 is 0 Å². The van der Waals surface area contributed by atoms with Crippen molar-refractivity contribution in [1.29, 1.82) is 0 Å². The van der Waals surface area contributed by atoms with Gasteiger partial charge in [0.25, 0.3) is 0 Å². The summed E-state index contributed by atoms with van der Waals surface area (Å²) in [5.41, 5.74) is 0. The molecule has 0 aromatic heterocycles. The highest BCUT2D eigenvalue weighted by atomic mass is 16.5. The summed E-state index contributed by atoms with van der Waals surface area (Å²) < 4.78 is 5.78. The Morgan fingerprint density at radius 1 is 1.21 bits per heavy atom. The molecular weight excluding hydrogens is 186 g/mol. The van der Waals surface area contributed by atoms with Gasteiger partial charge in [-0.15, -0.1) is 0 Å². The van der Waals surface area contributed by atoms with Crippen LogP contribution in [-0.4, -0.2) is 78.5 Å². The van der Waals surface area contributed by atoms with E-state index in [0.717, 1.165) is 6.54 Å². The highest BCUT2D eigenvalue weighted by molar-refractivity contribution is 4.59. The molecule has 0 spiro atoms. The summed E-state index contributed by atoms with van der Waals surface area (Å²) in [5.74, 6) is 0. The van der Waals surface area contributed by atoms with Gasteiger partial charge in [-0.1, -0.05) is 0 Å². The van der Waals surface area contributed by atoms with Crippen LogP contribution in [0.15, 0.2) is 0 Å². The first kappa shape index (κ1) is 11.9. The van der Waals surface area contributed by atoms with Crippen LogP contribution in [-0.2, 0) is 4.74 Å². The Labute approximate surface area is 84.1 Å². The smallest absolute Gasteiger partial charge is 0.126 e. The van der Waals surface area contributed by atoms with Crippen molar-refractivity contribution in [2.24, 2.45) is 0 Å². The first-order valence-corrected chi connectivity index (χ1v) is 5.05. The third-order valence-electron chi connectivity index (χ3n) is 2.77. The number of hydrogen-bond acceptors (Lipinski definition) is 4. The van der Waals surface area contributed by atoms with Gasteiger partial charge in [-0.2, -0.15) is 0 Å². The van der Waals surface area contributed by atoms with Crippen LogP contribution in [0, 0.1) is 0 Å². The van der Waals surface area contributed by atoms with Gasteiger partial charge >= 0.3 is 0 Å². The lowest BCUT2D eigenvalue weighted by Gasteiger charge is -2.37. The number of aliphatic hydroxyl groups excluding tert-OH is 3. The van der Waals surface area contributed by atoms with Crippen molar-refractivity contribution in [2.45, 2.75) is 6.10 Å². The maximum absolute atomic E-state index is 9.57. The average Bonchev–Trinajstić information content (AvgIpc) is 2.29. The first-order valence-electron chi connectivity index (χ1n) is 5.05. The second kappa shape index (κ2) is 5.63. The van der Waals surface area contributed by atoms with E-state index in [2.05, 4.69) is 0 Å². The van der Waals surface area contributed by atoms with E-state index in [1.54, 1.807) is 0 Å². The molecule has 1 aliphatic rings. The Morgan fingerprint density at radius 2 is 1.86 bits per heavy atom. The Balaban J connectivity index is 2.61. The van der Waals surface area contributed by atoms with Crippen LogP contribution in [0.5, 0.6) is 0 Å². The normalized spacial score (nSPS) is 27.2. The van der Waals surface area contributed by atoms with Crippen molar-refractivity contribution in [3.8, 4) is 0 Å². The highest BCUT2D eigenvalue weighted by Gasteiger charge is 2.31. The summed E-state index contributed by atoms with van der Waals surface area (Å²) in [7, 11) is 0. The van der Waals surface area contributed by atoms with E-state index in [0.29, 0.717) is 37.3 Å². The lowest BCUT2D eigenvalue weighted by molar-refractivity contribution is -0.929. The zero-order valence-corrected chi connectivity index (χ0v) is 8.43. The fraction of sp³-hybridized carbons (Fsp3) is 1.00. The van der Waals surface area contributed by atoms with Crippen LogP contribution in [0.2, 0.25) is 0 Å². The Bertz CT molecular complexity index is 159. The van der Waals surface area contributed by atoms with Gasteiger partial charge in [0.15, 0.2) is 0 Å². The van der Waals surface area contributed by atoms with E-state index in [1.807, 2.05) is 0 Å². The maximum Gasteiger partial charge on any atom is 0.126 e. The van der Waals surface area contributed by atoms with E-state index in [4.69, 9.17) is 14.9 Å². The molecule has 5 nitrogen and oxygen atoms in total. The summed E-state index contributed by atoms with van der Waals surface area (Å²) in [6, 6.07) is 0. The van der Waals surface area contributed by atoms with Crippen LogP contribution in [0.25, 0.3) is 0 Å². The molecular formula is C9H20NO4+. The zero-order chi connectivity index (χ0) is 10.4. The minimum Gasteiger partial charge on any atom is -0.391 e. The molecule has 1 unspecified atom stereocenters. The van der Waals surface area contributed by atoms with Gasteiger partial charge in [-0.25, -0.2) is 0 Å². The second-order valence-corrected chi connectivity index (χ2v) is 3.87. The molecule has 1 atom stereocenters. The third kappa shape index (κ3) is 3.18. The van der Waals surface area contributed by atoms with E-state index in [9.17, 15) is 5.11 Å². The number of quaternary nitrogens is 1. The molecule has 0 aromatic rings. The van der Waals surface area contributed by atoms with Crippen LogP contribution in [0.1, 0.15) is 0 Å². The van der Waals surface area contributed by atoms with E-state index in [1.165, 1.54) is 0 Å². The van der Waals surface area contributed by atoms with Gasteiger partial charge in [0, 0.05) is 0 Å². The fourth-order valence-corrected chi connectivity index (χ4v) is 2.01. The maximum atomic E-state index is 9.57. The summed E-state index contributed by atoms with van der Waals surface area (Å²) in [6.45, 7) is 3.54. The monoisotopic (exact) mass is 206 g/mol. The molecule has 84 valence electrons. The summed E-state index contributed by atoms with van der Waals surface area (Å²) in [5, 5.41) is 27.5. The molecule has 0 bridgehead atoms. The number of rotatable bonds is 4. The Hall–Kier alpha value is -0.200. The summed E-state index contributed by atoms with van der Waals surface area (Å²) in [6.07, 6.45) is -0.490. The zero-order valence-electron chi connectivity index (χ0n) is 8.43. The molecule has 1 aliphatic heterocycles. The Morgan fingerprint density at radius 3 is 2.43 bits per heavy atom. The molecule has 14 heavy (non-hydrogen) atoms. The van der Waals surface area contributed by atoms with Crippen molar-refractivity contribution in [3.63, 3.8) is 0 Å². The molecule has 1 fully saturated rings. The SMILES string of the molecule is OCC[N+]1(CCO)CCOCC(O)C1. The number of hydrogen-bond donors (Lipinski definition) is 3. The van der Waals surface area contributed by atoms with Crippen molar-refractivity contribution in [3.05, 3.63) is 0 Å². The Kier molecular flexibility index (Phi) is 4.77. The molecule has 1 saturated heterocycles. The predicted molar refractivity (Wildman–Crippen MR) is 50.7 cm³/mol. The molecule has 0 saturated carbocycles. The topological polar surface area (TPSA) is 69.9 Å². The van der Waals surface area contributed by atoms with Crippen molar-refractivity contribution < 1.29 is 24.5 Å². The van der Waals surface area contributed by atoms with Crippen molar-refractivity contribution >= 4 is 0 Å². The van der Waals surface area contributed by atoms with Gasteiger partial charge < -0.3 is 24.5 Å². The van der Waals surface area contributed by atoms with Gasteiger partial charge in [0.2, 0.25) is 0 Å². The van der Waals surface area contributed by atoms with Crippen LogP contribution >= 0.6 is 0 Å². The lowest BCUT2D eigenvalue weighted by Crippen LogP contribution is -2.55. The van der Waals surface area contributed by atoms with Gasteiger partial charge in [0.1, 0.15) is 32.3 Å². The van der Waals surface area contributed by atoms with Gasteiger partial charge in [0.05, 0.1) is 26.4 Å². The predicted octanol–water partition coefficient (Wildman–Crippen LogP) is -1.82. The summed E-state index contributed by atoms with van der Waals surface area (Å²) in [4.78, 5) is 0. The molecule has 1 heterocycles. The molecule has 0 aromatic carbocycles. The van der Waals surface area contributed by atoms with Crippen LogP contribution in [0.3, 0.4) is 0 Å². The molecule has 3 N–H and O–H groups in total. The van der Waals surface area contributed by atoms with E-state index < -0.39 is 6.10 Å². The number of aliphatic hydroxyl groups is 3. The van der Waals surface area contributed by atoms with E-state index in [-0.39, 0.29) is 13.2 Å². The highest BCUT2D eigenvalue weighted by Crippen LogP contribution is 2.11. The lowest BCUT2D eigenvalue weighted by atomic mass is 10.2. The fourth-order valence-electron chi connectivity index (χ4n) is 2.01. The number of nitrogens with zero attached hydrogens (tertiary/aromatic N) is 1. The van der Waals surface area contributed by atoms with Crippen molar-refractivity contribution in [1.82, 2.24) is 0 Å². The van der Waals surface area contributed by atoms with Gasteiger partial charge in [-0.3, -0.25) is 0 Å². The summed E-state index contributed by atoms with van der Waals surface area (Å²) >= 11 is 0. The molecule has 5 heteroatoms. The number of ether oxygens (including phenoxy) is 1. The first-order chi connectivity index (χ1) is 6.72. The molecule has 1 rings (SSSR count). The quantitative estimate of drug-likeness (QED) is 0.474. The van der Waals surface area contributed by atoms with Crippen LogP contribution in [0.4, 0.5) is 0 Å². The standard InChI is InChI=1S/C9H20NO4/c11-4-1-10(2-5-12)3-6-14-8-9(13)7-10/h9,11-13H,1-8H2/q+1. The second-order valence-electron chi connectivity index (χ2n) is 3.87. The minimum absolute atomic E-state index is 0.0761. The molecule has 0 radical (unpaired) electrons.